The lowest BCUT2D eigenvalue weighted by Gasteiger charge is -2.23. The fourth-order valence-corrected chi connectivity index (χ4v) is 1.87. The monoisotopic (exact) mass is 234 g/mol. The number of aliphatic carboxylic acids is 1. The summed E-state index contributed by atoms with van der Waals surface area (Å²) in [7, 11) is 3.82. The van der Waals surface area contributed by atoms with Crippen molar-refractivity contribution in [2.45, 2.75) is 6.42 Å². The van der Waals surface area contributed by atoms with Gasteiger partial charge in [-0.15, -0.1) is 0 Å². The second kappa shape index (κ2) is 4.08. The molecule has 1 amide bonds. The van der Waals surface area contributed by atoms with E-state index in [4.69, 9.17) is 5.11 Å². The maximum Gasteiger partial charge on any atom is 0.316 e. The predicted octanol–water partition coefficient (Wildman–Crippen LogP) is 0.948. The van der Waals surface area contributed by atoms with Crippen molar-refractivity contribution in [3.05, 3.63) is 23.8 Å². The van der Waals surface area contributed by atoms with Crippen LogP contribution in [0.15, 0.2) is 18.2 Å². The summed E-state index contributed by atoms with van der Waals surface area (Å²) in [5, 5.41) is 11.5. The number of carboxylic acids is 1. The van der Waals surface area contributed by atoms with Gasteiger partial charge in [-0.2, -0.15) is 0 Å². The predicted molar refractivity (Wildman–Crippen MR) is 64.2 cm³/mol. The summed E-state index contributed by atoms with van der Waals surface area (Å²) >= 11 is 0. The van der Waals surface area contributed by atoms with Crippen LogP contribution in [0.25, 0.3) is 0 Å². The topological polar surface area (TPSA) is 69.6 Å². The van der Waals surface area contributed by atoms with Crippen molar-refractivity contribution < 1.29 is 14.7 Å². The number of anilines is 2. The van der Waals surface area contributed by atoms with Crippen molar-refractivity contribution in [3.8, 4) is 0 Å². The lowest BCUT2D eigenvalue weighted by molar-refractivity contribution is -0.145. The largest absolute Gasteiger partial charge is 0.481 e. The van der Waals surface area contributed by atoms with Gasteiger partial charge in [-0.1, -0.05) is 6.07 Å². The zero-order chi connectivity index (χ0) is 12.6. The molecule has 5 heteroatoms. The summed E-state index contributed by atoms with van der Waals surface area (Å²) in [4.78, 5) is 24.4. The number of benzene rings is 1. The summed E-state index contributed by atoms with van der Waals surface area (Å²) in [5.74, 6) is -2.50. The fraction of sp³-hybridized carbons (Fsp3) is 0.333. The molecule has 90 valence electrons. The third-order valence-electron chi connectivity index (χ3n) is 2.91. The van der Waals surface area contributed by atoms with E-state index in [1.807, 2.05) is 37.2 Å². The molecule has 1 aromatic rings. The Morgan fingerprint density at radius 1 is 1.47 bits per heavy atom. The summed E-state index contributed by atoms with van der Waals surface area (Å²) in [6.07, 6.45) is 0.254. The number of carboxylic acid groups (broad SMARTS) is 1. The highest BCUT2D eigenvalue weighted by Crippen LogP contribution is 2.29. The van der Waals surface area contributed by atoms with Crippen molar-refractivity contribution in [3.63, 3.8) is 0 Å². The minimum absolute atomic E-state index is 0.254. The van der Waals surface area contributed by atoms with Crippen LogP contribution in [0, 0.1) is 5.92 Å². The van der Waals surface area contributed by atoms with E-state index < -0.39 is 17.8 Å². The van der Waals surface area contributed by atoms with Gasteiger partial charge >= 0.3 is 5.97 Å². The van der Waals surface area contributed by atoms with Gasteiger partial charge in [-0.3, -0.25) is 9.59 Å². The molecule has 0 saturated carbocycles. The highest BCUT2D eigenvalue weighted by molar-refractivity contribution is 6.06. The van der Waals surface area contributed by atoms with Crippen LogP contribution in [0.5, 0.6) is 0 Å². The molecule has 0 fully saturated rings. The zero-order valence-electron chi connectivity index (χ0n) is 9.73. The van der Waals surface area contributed by atoms with Gasteiger partial charge in [0.1, 0.15) is 5.92 Å². The van der Waals surface area contributed by atoms with E-state index in [2.05, 4.69) is 5.32 Å². The molecule has 0 saturated heterocycles. The maximum absolute atomic E-state index is 11.6. The smallest absolute Gasteiger partial charge is 0.316 e. The Morgan fingerprint density at radius 3 is 2.76 bits per heavy atom. The van der Waals surface area contributed by atoms with Crippen LogP contribution in [0.2, 0.25) is 0 Å². The van der Waals surface area contributed by atoms with Crippen LogP contribution in [0.1, 0.15) is 5.56 Å². The van der Waals surface area contributed by atoms with E-state index in [1.165, 1.54) is 0 Å². The normalized spacial score (nSPS) is 18.2. The molecule has 2 N–H and O–H groups in total. The van der Waals surface area contributed by atoms with Crippen molar-refractivity contribution in [1.29, 1.82) is 0 Å². The second-order valence-electron chi connectivity index (χ2n) is 4.32. The van der Waals surface area contributed by atoms with Gasteiger partial charge < -0.3 is 15.3 Å². The van der Waals surface area contributed by atoms with Crippen molar-refractivity contribution in [2.24, 2.45) is 5.92 Å². The molecule has 0 bridgehead atoms. The highest BCUT2D eigenvalue weighted by Gasteiger charge is 2.31. The SMILES string of the molecule is CN(C)c1ccc2c(c1)NC(=O)C(C(=O)O)C2. The molecule has 1 aliphatic rings. The Hall–Kier alpha value is -2.04. The third kappa shape index (κ3) is 2.08. The second-order valence-corrected chi connectivity index (χ2v) is 4.32. The van der Waals surface area contributed by atoms with Crippen LogP contribution in [-0.2, 0) is 16.0 Å². The molecule has 1 aliphatic heterocycles. The summed E-state index contributed by atoms with van der Waals surface area (Å²) in [6, 6.07) is 5.63. The van der Waals surface area contributed by atoms with Gasteiger partial charge in [-0.25, -0.2) is 0 Å². The maximum atomic E-state index is 11.6. The molecule has 0 spiro atoms. The molecule has 1 aromatic carbocycles. The third-order valence-corrected chi connectivity index (χ3v) is 2.91. The first-order chi connectivity index (χ1) is 7.99. The minimum atomic E-state index is -1.08. The van der Waals surface area contributed by atoms with E-state index in [0.717, 1.165) is 11.3 Å². The van der Waals surface area contributed by atoms with Crippen LogP contribution >= 0.6 is 0 Å². The average Bonchev–Trinajstić information content (AvgIpc) is 2.26. The van der Waals surface area contributed by atoms with Crippen LogP contribution in [-0.4, -0.2) is 31.1 Å². The zero-order valence-corrected chi connectivity index (χ0v) is 9.73. The fourth-order valence-electron chi connectivity index (χ4n) is 1.87. The number of nitrogens with one attached hydrogen (secondary N) is 1. The molecule has 5 nitrogen and oxygen atoms in total. The van der Waals surface area contributed by atoms with E-state index in [9.17, 15) is 9.59 Å². The molecule has 1 atom stereocenters. The minimum Gasteiger partial charge on any atom is -0.481 e. The number of carbonyl (C=O) groups excluding carboxylic acids is 1. The Morgan fingerprint density at radius 2 is 2.18 bits per heavy atom. The highest BCUT2D eigenvalue weighted by atomic mass is 16.4. The van der Waals surface area contributed by atoms with E-state index in [-0.39, 0.29) is 6.42 Å². The number of rotatable bonds is 2. The Labute approximate surface area is 99.0 Å². The van der Waals surface area contributed by atoms with Crippen molar-refractivity contribution in [2.75, 3.05) is 24.3 Å². The first-order valence-electron chi connectivity index (χ1n) is 5.33. The molecular weight excluding hydrogens is 220 g/mol. The van der Waals surface area contributed by atoms with Gasteiger partial charge in [0.15, 0.2) is 0 Å². The number of hydrogen-bond donors (Lipinski definition) is 2. The number of amides is 1. The van der Waals surface area contributed by atoms with E-state index in [0.29, 0.717) is 5.69 Å². The summed E-state index contributed by atoms with van der Waals surface area (Å²) in [5.41, 5.74) is 2.54. The van der Waals surface area contributed by atoms with Gasteiger partial charge in [0.05, 0.1) is 0 Å². The molecule has 0 aliphatic carbocycles. The van der Waals surface area contributed by atoms with E-state index in [1.54, 1.807) is 0 Å². The molecular formula is C12H14N2O3. The van der Waals surface area contributed by atoms with Crippen LogP contribution in [0.3, 0.4) is 0 Å². The lowest BCUT2D eigenvalue weighted by Crippen LogP contribution is -2.35. The van der Waals surface area contributed by atoms with Gasteiger partial charge in [0.25, 0.3) is 0 Å². The lowest BCUT2D eigenvalue weighted by atomic mass is 9.93. The molecule has 0 aromatic heterocycles. The number of fused-ring (bicyclic) bond motifs is 1. The molecule has 17 heavy (non-hydrogen) atoms. The molecule has 2 rings (SSSR count). The van der Waals surface area contributed by atoms with Gasteiger partial charge in [0, 0.05) is 25.5 Å². The first kappa shape index (κ1) is 11.4. The Kier molecular flexibility index (Phi) is 2.75. The number of carbonyl (C=O) groups is 2. The summed E-state index contributed by atoms with van der Waals surface area (Å²) in [6.45, 7) is 0. The number of nitrogens with zero attached hydrogens (tertiary/aromatic N) is 1. The molecule has 1 unspecified atom stereocenters. The molecule has 0 radical (unpaired) electrons. The van der Waals surface area contributed by atoms with Crippen LogP contribution < -0.4 is 10.2 Å². The van der Waals surface area contributed by atoms with Crippen molar-refractivity contribution >= 4 is 23.3 Å². The Balaban J connectivity index is 2.35. The first-order valence-corrected chi connectivity index (χ1v) is 5.33. The Bertz CT molecular complexity index is 483. The quantitative estimate of drug-likeness (QED) is 0.747. The number of hydrogen-bond acceptors (Lipinski definition) is 3. The van der Waals surface area contributed by atoms with Crippen molar-refractivity contribution in [1.82, 2.24) is 0 Å². The summed E-state index contributed by atoms with van der Waals surface area (Å²) < 4.78 is 0. The van der Waals surface area contributed by atoms with Gasteiger partial charge in [0.2, 0.25) is 5.91 Å². The van der Waals surface area contributed by atoms with Crippen LogP contribution in [0.4, 0.5) is 11.4 Å². The average molecular weight is 234 g/mol. The van der Waals surface area contributed by atoms with Gasteiger partial charge in [-0.05, 0) is 24.1 Å². The standard InChI is InChI=1S/C12H14N2O3/c1-14(2)8-4-3-7-5-9(12(16)17)11(15)13-10(7)6-8/h3-4,6,9H,5H2,1-2H3,(H,13,15)(H,16,17). The van der Waals surface area contributed by atoms with E-state index >= 15 is 0 Å². The molecule has 1 heterocycles.